The van der Waals surface area contributed by atoms with E-state index in [1.165, 1.54) is 0 Å². The van der Waals surface area contributed by atoms with Crippen molar-refractivity contribution in [3.63, 3.8) is 0 Å². The third-order valence-electron chi connectivity index (χ3n) is 1.75. The van der Waals surface area contributed by atoms with Crippen LogP contribution in [0.15, 0.2) is 11.1 Å². The second kappa shape index (κ2) is 5.07. The minimum Gasteiger partial charge on any atom is -0.375 e. The van der Waals surface area contributed by atoms with Crippen LogP contribution in [0.25, 0.3) is 0 Å². The number of rotatable bonds is 5. The zero-order valence-electron chi connectivity index (χ0n) is 8.23. The summed E-state index contributed by atoms with van der Waals surface area (Å²) in [5.74, 6) is 0. The monoisotopic (exact) mass is 274 g/mol. The van der Waals surface area contributed by atoms with E-state index in [0.29, 0.717) is 0 Å². The standard InChI is InChI=1S/C7H9ClF2N2O3S/c1-2-15-4-5-6(16(8,13)14)3-11-12(5)7(9)10/h3,7H,2,4H2,1H3. The summed E-state index contributed by atoms with van der Waals surface area (Å²) in [6.45, 7) is -1.32. The first-order valence-electron chi connectivity index (χ1n) is 4.24. The highest BCUT2D eigenvalue weighted by Crippen LogP contribution is 2.24. The van der Waals surface area contributed by atoms with Crippen LogP contribution in [0.4, 0.5) is 8.78 Å². The van der Waals surface area contributed by atoms with Crippen LogP contribution in [-0.4, -0.2) is 24.8 Å². The summed E-state index contributed by atoms with van der Waals surface area (Å²) < 4.78 is 52.2. The quantitative estimate of drug-likeness (QED) is 0.768. The average molecular weight is 275 g/mol. The van der Waals surface area contributed by atoms with Crippen LogP contribution >= 0.6 is 10.7 Å². The molecule has 5 nitrogen and oxygen atoms in total. The van der Waals surface area contributed by atoms with Gasteiger partial charge in [0, 0.05) is 17.3 Å². The Labute approximate surface area is 95.4 Å². The Morgan fingerprint density at radius 1 is 1.62 bits per heavy atom. The summed E-state index contributed by atoms with van der Waals surface area (Å²) in [5.41, 5.74) is -0.258. The summed E-state index contributed by atoms with van der Waals surface area (Å²) in [5, 5.41) is 3.26. The predicted molar refractivity (Wildman–Crippen MR) is 51.8 cm³/mol. The number of halogens is 3. The molecule has 0 aromatic carbocycles. The van der Waals surface area contributed by atoms with Gasteiger partial charge in [0.15, 0.2) is 0 Å². The maximum absolute atomic E-state index is 12.5. The molecule has 1 aromatic rings. The van der Waals surface area contributed by atoms with Crippen molar-refractivity contribution < 1.29 is 21.9 Å². The molecule has 0 aliphatic carbocycles. The molecule has 0 saturated carbocycles. The fourth-order valence-electron chi connectivity index (χ4n) is 1.08. The third-order valence-corrected chi connectivity index (χ3v) is 3.12. The third kappa shape index (κ3) is 2.89. The molecule has 0 N–H and O–H groups in total. The molecule has 0 aliphatic rings. The van der Waals surface area contributed by atoms with Crippen LogP contribution in [0, 0.1) is 0 Å². The maximum atomic E-state index is 12.5. The van der Waals surface area contributed by atoms with Gasteiger partial charge in [-0.05, 0) is 6.92 Å². The zero-order valence-corrected chi connectivity index (χ0v) is 9.80. The van der Waals surface area contributed by atoms with Crippen molar-refractivity contribution in [1.82, 2.24) is 9.78 Å². The van der Waals surface area contributed by atoms with Gasteiger partial charge >= 0.3 is 6.55 Å². The molecule has 0 amide bonds. The van der Waals surface area contributed by atoms with Crippen LogP contribution in [0.1, 0.15) is 19.2 Å². The fraction of sp³-hybridized carbons (Fsp3) is 0.571. The minimum atomic E-state index is -4.10. The van der Waals surface area contributed by atoms with Gasteiger partial charge in [0.1, 0.15) is 4.90 Å². The molecule has 0 unspecified atom stereocenters. The Morgan fingerprint density at radius 2 is 2.25 bits per heavy atom. The highest BCUT2D eigenvalue weighted by atomic mass is 35.7. The summed E-state index contributed by atoms with van der Waals surface area (Å²) in [7, 11) is 0.978. The molecule has 0 fully saturated rings. The molecular formula is C7H9ClF2N2O3S. The van der Waals surface area contributed by atoms with Crippen molar-refractivity contribution in [2.24, 2.45) is 0 Å². The van der Waals surface area contributed by atoms with Crippen LogP contribution < -0.4 is 0 Å². The summed E-state index contributed by atoms with van der Waals surface area (Å²) in [4.78, 5) is -0.456. The largest absolute Gasteiger partial charge is 0.375 e. The molecule has 0 atom stereocenters. The lowest BCUT2D eigenvalue weighted by molar-refractivity contribution is 0.0418. The second-order valence-electron chi connectivity index (χ2n) is 2.75. The van der Waals surface area contributed by atoms with Gasteiger partial charge in [-0.2, -0.15) is 13.9 Å². The van der Waals surface area contributed by atoms with Gasteiger partial charge in [0.25, 0.3) is 9.05 Å². The van der Waals surface area contributed by atoms with Gasteiger partial charge in [-0.15, -0.1) is 0 Å². The minimum absolute atomic E-state index is 0.258. The molecule has 92 valence electrons. The first-order chi connectivity index (χ1) is 7.38. The van der Waals surface area contributed by atoms with E-state index in [4.69, 9.17) is 15.4 Å². The SMILES string of the molecule is CCOCc1c(S(=O)(=O)Cl)cnn1C(F)F. The van der Waals surface area contributed by atoms with Crippen LogP contribution in [-0.2, 0) is 20.4 Å². The Hall–Kier alpha value is -0.730. The van der Waals surface area contributed by atoms with Gasteiger partial charge < -0.3 is 4.74 Å². The van der Waals surface area contributed by atoms with Gasteiger partial charge in [0.05, 0.1) is 18.5 Å². The van der Waals surface area contributed by atoms with Crippen LogP contribution in [0.2, 0.25) is 0 Å². The highest BCUT2D eigenvalue weighted by molar-refractivity contribution is 8.13. The molecule has 1 aromatic heterocycles. The lowest BCUT2D eigenvalue weighted by Gasteiger charge is -2.07. The summed E-state index contributed by atoms with van der Waals surface area (Å²) in [6, 6.07) is 0. The molecule has 0 aliphatic heterocycles. The molecule has 9 heteroatoms. The van der Waals surface area contributed by atoms with Gasteiger partial charge in [0.2, 0.25) is 0 Å². The Bertz CT molecular complexity index is 460. The average Bonchev–Trinajstić information content (AvgIpc) is 2.57. The smallest absolute Gasteiger partial charge is 0.333 e. The number of nitrogens with zero attached hydrogens (tertiary/aromatic N) is 2. The number of ether oxygens (including phenoxy) is 1. The van der Waals surface area contributed by atoms with E-state index in [1.54, 1.807) is 6.92 Å². The first kappa shape index (κ1) is 13.3. The number of aromatic nitrogens is 2. The van der Waals surface area contributed by atoms with Crippen LogP contribution in [0.5, 0.6) is 0 Å². The molecule has 0 radical (unpaired) electrons. The van der Waals surface area contributed by atoms with Crippen molar-refractivity contribution in [3.8, 4) is 0 Å². The lowest BCUT2D eigenvalue weighted by Crippen LogP contribution is -2.09. The highest BCUT2D eigenvalue weighted by Gasteiger charge is 2.24. The van der Waals surface area contributed by atoms with Gasteiger partial charge in [-0.25, -0.2) is 13.1 Å². The van der Waals surface area contributed by atoms with E-state index < -0.39 is 20.5 Å². The molecular weight excluding hydrogens is 266 g/mol. The molecule has 0 saturated heterocycles. The predicted octanol–water partition coefficient (Wildman–Crippen LogP) is 1.74. The van der Waals surface area contributed by atoms with E-state index in [1.807, 2.05) is 0 Å². The number of alkyl halides is 2. The Morgan fingerprint density at radius 3 is 2.69 bits per heavy atom. The maximum Gasteiger partial charge on any atom is 0.333 e. The molecule has 16 heavy (non-hydrogen) atoms. The topological polar surface area (TPSA) is 61.2 Å². The number of hydrogen-bond donors (Lipinski definition) is 0. The zero-order chi connectivity index (χ0) is 12.3. The molecule has 1 heterocycles. The molecule has 0 spiro atoms. The van der Waals surface area contributed by atoms with Crippen molar-refractivity contribution in [2.75, 3.05) is 6.61 Å². The van der Waals surface area contributed by atoms with Gasteiger partial charge in [-0.1, -0.05) is 0 Å². The Kier molecular flexibility index (Phi) is 4.22. The van der Waals surface area contributed by atoms with E-state index >= 15 is 0 Å². The second-order valence-corrected chi connectivity index (χ2v) is 5.29. The van der Waals surface area contributed by atoms with E-state index in [9.17, 15) is 17.2 Å². The van der Waals surface area contributed by atoms with E-state index in [2.05, 4.69) is 5.10 Å². The molecule has 1 rings (SSSR count). The number of hydrogen-bond acceptors (Lipinski definition) is 4. The van der Waals surface area contributed by atoms with Gasteiger partial charge in [-0.3, -0.25) is 0 Å². The first-order valence-corrected chi connectivity index (χ1v) is 6.55. The summed E-state index contributed by atoms with van der Waals surface area (Å²) >= 11 is 0. The van der Waals surface area contributed by atoms with Crippen molar-refractivity contribution in [2.45, 2.75) is 25.0 Å². The fourth-order valence-corrected chi connectivity index (χ4v) is 2.07. The van der Waals surface area contributed by atoms with E-state index in [-0.39, 0.29) is 23.6 Å². The van der Waals surface area contributed by atoms with Crippen molar-refractivity contribution in [3.05, 3.63) is 11.9 Å². The lowest BCUT2D eigenvalue weighted by atomic mass is 10.4. The van der Waals surface area contributed by atoms with Crippen molar-refractivity contribution in [1.29, 1.82) is 0 Å². The Balaban J connectivity index is 3.20. The van der Waals surface area contributed by atoms with Crippen LogP contribution in [0.3, 0.4) is 0 Å². The summed E-state index contributed by atoms with van der Waals surface area (Å²) in [6.07, 6.45) is 0.781. The normalized spacial score (nSPS) is 12.3. The van der Waals surface area contributed by atoms with Crippen molar-refractivity contribution >= 4 is 19.7 Å². The van der Waals surface area contributed by atoms with E-state index in [0.717, 1.165) is 6.20 Å². The molecule has 0 bridgehead atoms.